The maximum absolute atomic E-state index is 12.9. The molecule has 0 saturated heterocycles. The summed E-state index contributed by atoms with van der Waals surface area (Å²) >= 11 is 0. The summed E-state index contributed by atoms with van der Waals surface area (Å²) in [5.41, 5.74) is 4.73. The minimum absolute atomic E-state index is 0.00268. The highest BCUT2D eigenvalue weighted by Crippen LogP contribution is 2.29. The Balaban J connectivity index is 1.95. The summed E-state index contributed by atoms with van der Waals surface area (Å²) in [6, 6.07) is 14.0. The van der Waals surface area contributed by atoms with Crippen LogP contribution < -0.4 is 27.0 Å². The summed E-state index contributed by atoms with van der Waals surface area (Å²) < 4.78 is 43.8. The number of ether oxygens (including phenoxy) is 1. The third-order valence-electron chi connectivity index (χ3n) is 4.80. The molecule has 0 saturated carbocycles. The van der Waals surface area contributed by atoms with E-state index in [2.05, 4.69) is 10.1 Å². The topological polar surface area (TPSA) is 108 Å². The number of alkyl halides is 3. The Morgan fingerprint density at radius 2 is 1.67 bits per heavy atom. The lowest BCUT2D eigenvalue weighted by atomic mass is 10.1. The Bertz CT molecular complexity index is 1270. The third kappa shape index (κ3) is 5.43. The van der Waals surface area contributed by atoms with Crippen LogP contribution in [0.2, 0.25) is 0 Å². The zero-order valence-corrected chi connectivity index (χ0v) is 17.6. The second-order valence-electron chi connectivity index (χ2n) is 6.98. The average molecular weight is 462 g/mol. The van der Waals surface area contributed by atoms with Crippen molar-refractivity contribution in [3.05, 3.63) is 86.6 Å². The molecule has 0 aliphatic carbocycles. The molecule has 0 aliphatic heterocycles. The molecule has 0 fully saturated rings. The van der Waals surface area contributed by atoms with E-state index in [1.165, 1.54) is 18.2 Å². The van der Waals surface area contributed by atoms with Crippen LogP contribution in [0.25, 0.3) is 0 Å². The van der Waals surface area contributed by atoms with Gasteiger partial charge in [0.05, 0.1) is 18.8 Å². The summed E-state index contributed by atoms with van der Waals surface area (Å²) in [6.07, 6.45) is -4.92. The van der Waals surface area contributed by atoms with E-state index in [0.717, 1.165) is 20.8 Å². The number of hydrogen-bond acceptors (Lipinski definition) is 6. The first-order valence-corrected chi connectivity index (χ1v) is 9.91. The Morgan fingerprint density at radius 3 is 2.30 bits per heavy atom. The fraction of sp³-hybridized carbons (Fsp3) is 0.227. The van der Waals surface area contributed by atoms with Crippen LogP contribution in [0.1, 0.15) is 22.8 Å². The number of carbonyl (C=O) groups excluding carboxylic acids is 1. The van der Waals surface area contributed by atoms with Crippen LogP contribution in [0.15, 0.2) is 64.2 Å². The van der Waals surface area contributed by atoms with Crippen molar-refractivity contribution in [2.75, 3.05) is 17.6 Å². The zero-order valence-electron chi connectivity index (χ0n) is 17.6. The number of nitrogens with two attached hydrogens (primary N) is 1. The summed E-state index contributed by atoms with van der Waals surface area (Å²) in [6.45, 7) is 1.05. The van der Waals surface area contributed by atoms with E-state index in [1.54, 1.807) is 37.3 Å². The van der Waals surface area contributed by atoms with Crippen LogP contribution in [0, 0.1) is 0 Å². The second-order valence-corrected chi connectivity index (χ2v) is 6.98. The smallest absolute Gasteiger partial charge is 0.404 e. The molecule has 3 N–H and O–H groups in total. The molecule has 0 atom stereocenters. The van der Waals surface area contributed by atoms with Crippen molar-refractivity contribution in [2.24, 2.45) is 0 Å². The number of anilines is 2. The molecule has 3 rings (SSSR count). The standard InChI is InChI=1S/C22H21F3N4O4/c1-2-28-20(31)18(19(26)29(21(28)32)13-14-8-4-3-5-9-14)16(30)12-27-15-10-6-7-11-17(15)33-22(23,24)25/h3-11,27H,2,12-13,26H2,1H3. The number of nitrogens with zero attached hydrogens (tertiary/aromatic N) is 2. The molecule has 11 heteroatoms. The molecule has 0 unspecified atom stereocenters. The SMILES string of the molecule is CCn1c(=O)c(C(=O)CNc2ccccc2OC(F)(F)F)c(N)n(Cc2ccccc2)c1=O. The second kappa shape index (κ2) is 9.63. The van der Waals surface area contributed by atoms with Crippen LogP contribution in [0.5, 0.6) is 5.75 Å². The highest BCUT2D eigenvalue weighted by atomic mass is 19.4. The van der Waals surface area contributed by atoms with Gasteiger partial charge >= 0.3 is 12.1 Å². The molecule has 0 bridgehead atoms. The summed E-state index contributed by atoms with van der Waals surface area (Å²) in [4.78, 5) is 38.5. The largest absolute Gasteiger partial charge is 0.573 e. The molecule has 0 amide bonds. The number of rotatable bonds is 8. The van der Waals surface area contributed by atoms with Crippen molar-refractivity contribution in [1.82, 2.24) is 9.13 Å². The molecule has 0 spiro atoms. The molecule has 1 aromatic heterocycles. The molecule has 2 aromatic carbocycles. The molecule has 3 aromatic rings. The van der Waals surface area contributed by atoms with Crippen molar-refractivity contribution in [3.63, 3.8) is 0 Å². The van der Waals surface area contributed by atoms with Gasteiger partial charge in [-0.15, -0.1) is 13.2 Å². The number of benzene rings is 2. The average Bonchev–Trinajstić information content (AvgIpc) is 2.76. The monoisotopic (exact) mass is 462 g/mol. The lowest BCUT2D eigenvalue weighted by Crippen LogP contribution is -2.44. The fourth-order valence-corrected chi connectivity index (χ4v) is 3.27. The Hall–Kier alpha value is -4.02. The maximum atomic E-state index is 12.9. The summed E-state index contributed by atoms with van der Waals surface area (Å²) in [5.74, 6) is -1.64. The molecule has 0 aliphatic rings. The van der Waals surface area contributed by atoms with Crippen molar-refractivity contribution in [2.45, 2.75) is 26.4 Å². The third-order valence-corrected chi connectivity index (χ3v) is 4.80. The number of nitrogen functional groups attached to an aromatic ring is 1. The predicted molar refractivity (Wildman–Crippen MR) is 117 cm³/mol. The first-order valence-electron chi connectivity index (χ1n) is 9.91. The van der Waals surface area contributed by atoms with E-state index in [0.29, 0.717) is 0 Å². The van der Waals surface area contributed by atoms with Crippen molar-refractivity contribution < 1.29 is 22.7 Å². The van der Waals surface area contributed by atoms with E-state index >= 15 is 0 Å². The first kappa shape index (κ1) is 23.6. The number of carbonyl (C=O) groups is 1. The number of aromatic nitrogens is 2. The van der Waals surface area contributed by atoms with Gasteiger partial charge in [-0.05, 0) is 24.6 Å². The van der Waals surface area contributed by atoms with Gasteiger partial charge < -0.3 is 15.8 Å². The van der Waals surface area contributed by atoms with Gasteiger partial charge in [0.2, 0.25) is 0 Å². The molecule has 1 heterocycles. The number of nitrogens with one attached hydrogen (secondary N) is 1. The molecular formula is C22H21F3N4O4. The van der Waals surface area contributed by atoms with Gasteiger partial charge in [-0.2, -0.15) is 0 Å². The summed E-state index contributed by atoms with van der Waals surface area (Å²) in [5, 5.41) is 2.54. The molecular weight excluding hydrogens is 441 g/mol. The van der Waals surface area contributed by atoms with Gasteiger partial charge in [0, 0.05) is 6.54 Å². The van der Waals surface area contributed by atoms with E-state index in [9.17, 15) is 27.6 Å². The number of hydrogen-bond donors (Lipinski definition) is 2. The van der Waals surface area contributed by atoms with Crippen LogP contribution in [-0.2, 0) is 13.1 Å². The quantitative estimate of drug-likeness (QED) is 0.499. The normalized spacial score (nSPS) is 11.3. The van der Waals surface area contributed by atoms with Gasteiger partial charge in [-0.25, -0.2) is 4.79 Å². The van der Waals surface area contributed by atoms with E-state index in [-0.39, 0.29) is 24.6 Å². The maximum Gasteiger partial charge on any atom is 0.573 e. The van der Waals surface area contributed by atoms with Gasteiger partial charge in [0.25, 0.3) is 5.56 Å². The Labute approximate surface area is 186 Å². The highest BCUT2D eigenvalue weighted by Gasteiger charge is 2.32. The Kier molecular flexibility index (Phi) is 6.90. The van der Waals surface area contributed by atoms with Crippen LogP contribution >= 0.6 is 0 Å². The lowest BCUT2D eigenvalue weighted by molar-refractivity contribution is -0.274. The van der Waals surface area contributed by atoms with E-state index < -0.39 is 41.3 Å². The fourth-order valence-electron chi connectivity index (χ4n) is 3.27. The van der Waals surface area contributed by atoms with Gasteiger partial charge in [0.15, 0.2) is 11.5 Å². The minimum Gasteiger partial charge on any atom is -0.404 e. The van der Waals surface area contributed by atoms with Gasteiger partial charge in [-0.3, -0.25) is 18.7 Å². The number of para-hydroxylation sites is 2. The molecule has 33 heavy (non-hydrogen) atoms. The van der Waals surface area contributed by atoms with Crippen LogP contribution in [0.3, 0.4) is 0 Å². The first-order chi connectivity index (χ1) is 15.6. The molecule has 8 nitrogen and oxygen atoms in total. The lowest BCUT2D eigenvalue weighted by Gasteiger charge is -2.17. The van der Waals surface area contributed by atoms with Crippen molar-refractivity contribution >= 4 is 17.3 Å². The number of Topliss-reactive ketones (excluding diaryl/α,β-unsaturated/α-hetero) is 1. The Morgan fingerprint density at radius 1 is 1.03 bits per heavy atom. The van der Waals surface area contributed by atoms with E-state index in [4.69, 9.17) is 5.73 Å². The van der Waals surface area contributed by atoms with Crippen LogP contribution in [-0.4, -0.2) is 27.8 Å². The van der Waals surface area contributed by atoms with Crippen molar-refractivity contribution in [3.8, 4) is 5.75 Å². The number of ketones is 1. The molecule has 174 valence electrons. The minimum atomic E-state index is -4.92. The van der Waals surface area contributed by atoms with Gasteiger partial charge in [-0.1, -0.05) is 42.5 Å². The van der Waals surface area contributed by atoms with Crippen molar-refractivity contribution in [1.29, 1.82) is 0 Å². The van der Waals surface area contributed by atoms with E-state index in [1.807, 2.05) is 0 Å². The highest BCUT2D eigenvalue weighted by molar-refractivity contribution is 6.02. The summed E-state index contributed by atoms with van der Waals surface area (Å²) in [7, 11) is 0. The molecule has 0 radical (unpaired) electrons. The number of halogens is 3. The van der Waals surface area contributed by atoms with Gasteiger partial charge in [0.1, 0.15) is 11.4 Å². The zero-order chi connectivity index (χ0) is 24.2. The van der Waals surface area contributed by atoms with Crippen LogP contribution in [0.4, 0.5) is 24.7 Å². The predicted octanol–water partition coefficient (Wildman–Crippen LogP) is 2.85.